The van der Waals surface area contributed by atoms with Gasteiger partial charge in [-0.2, -0.15) is 0 Å². The minimum Gasteiger partial charge on any atom is -0.485 e. The van der Waals surface area contributed by atoms with E-state index in [4.69, 9.17) is 27.9 Å². The summed E-state index contributed by atoms with van der Waals surface area (Å²) < 4.78 is 6.08. The van der Waals surface area contributed by atoms with Crippen LogP contribution in [0.4, 0.5) is 10.6 Å². The number of carboxylic acid groups (broad SMARTS) is 2. The number of ether oxygens (including phenoxy) is 1. The Labute approximate surface area is 201 Å². The largest absolute Gasteiger partial charge is 0.485 e. The lowest BCUT2D eigenvalue weighted by Crippen LogP contribution is -2.45. The molecule has 33 heavy (non-hydrogen) atoms. The predicted molar refractivity (Wildman–Crippen MR) is 125 cm³/mol. The molecular formula is C23H25Cl2N3O5. The average molecular weight is 494 g/mol. The number of carboxylic acids is 1. The summed E-state index contributed by atoms with van der Waals surface area (Å²) in [5, 5.41) is 19.8. The third-order valence-electron chi connectivity index (χ3n) is 6.30. The zero-order valence-corrected chi connectivity index (χ0v) is 19.6. The number of benzene rings is 1. The van der Waals surface area contributed by atoms with Crippen molar-refractivity contribution in [1.82, 2.24) is 9.88 Å². The van der Waals surface area contributed by atoms with Crippen molar-refractivity contribution in [2.75, 3.05) is 31.1 Å². The smallest absolute Gasteiger partial charge is 0.407 e. The Bertz CT molecular complexity index is 1030. The fraction of sp³-hybridized carbons (Fsp3) is 0.435. The molecule has 0 unspecified atom stereocenters. The summed E-state index contributed by atoms with van der Waals surface area (Å²) in [5.74, 6) is -0.800. The number of pyridine rings is 1. The molecule has 2 fully saturated rings. The number of hydrogen-bond acceptors (Lipinski definition) is 5. The van der Waals surface area contributed by atoms with Gasteiger partial charge >= 0.3 is 12.1 Å². The van der Waals surface area contributed by atoms with Crippen molar-refractivity contribution in [2.45, 2.75) is 31.8 Å². The van der Waals surface area contributed by atoms with Gasteiger partial charge in [-0.05, 0) is 42.7 Å². The maximum atomic E-state index is 11.8. The number of nitrogens with zero attached hydrogens (tertiary/aromatic N) is 3. The number of carbonyl (C=O) groups is 2. The molecule has 4 rings (SSSR count). The molecule has 0 spiro atoms. The zero-order valence-electron chi connectivity index (χ0n) is 18.1. The van der Waals surface area contributed by atoms with Gasteiger partial charge in [0.05, 0.1) is 22.5 Å². The van der Waals surface area contributed by atoms with Crippen molar-refractivity contribution in [3.05, 3.63) is 51.6 Å². The lowest BCUT2D eigenvalue weighted by atomic mass is 9.81. The number of hydrogen-bond donors (Lipinski definition) is 2. The second kappa shape index (κ2) is 9.65. The number of amides is 1. The van der Waals surface area contributed by atoms with E-state index in [9.17, 15) is 19.8 Å². The summed E-state index contributed by atoms with van der Waals surface area (Å²) in [4.78, 5) is 30.8. The Morgan fingerprint density at radius 2 is 1.82 bits per heavy atom. The molecule has 2 saturated heterocycles. The quantitative estimate of drug-likeness (QED) is 0.630. The van der Waals surface area contributed by atoms with Crippen molar-refractivity contribution in [3.63, 3.8) is 0 Å². The predicted octanol–water partition coefficient (Wildman–Crippen LogP) is 4.52. The second-order valence-electron chi connectivity index (χ2n) is 8.55. The molecule has 3 atom stereocenters. The van der Waals surface area contributed by atoms with Gasteiger partial charge in [-0.15, -0.1) is 0 Å². The van der Waals surface area contributed by atoms with Crippen molar-refractivity contribution in [3.8, 4) is 5.75 Å². The standard InChI is InChI=1S/C23H25Cl2N3O5/c1-13-8-18(24)21(19(25)9-13)33-15-4-6-27(11-15)20-3-2-14(10-26-20)16-5-7-28(23(31)32)12-17(16)22(29)30/h2-3,8-10,15-17H,4-7,11-12H2,1H3,(H,29,30)(H,31,32)/t15-,16-,17+/m1/s1. The summed E-state index contributed by atoms with van der Waals surface area (Å²) >= 11 is 12.6. The first-order chi connectivity index (χ1) is 15.7. The Balaban J connectivity index is 1.42. The van der Waals surface area contributed by atoms with Gasteiger partial charge in [0, 0.05) is 38.2 Å². The van der Waals surface area contributed by atoms with Crippen LogP contribution in [-0.2, 0) is 4.79 Å². The van der Waals surface area contributed by atoms with Crippen LogP contribution in [0, 0.1) is 12.8 Å². The van der Waals surface area contributed by atoms with E-state index < -0.39 is 18.0 Å². The van der Waals surface area contributed by atoms with Gasteiger partial charge in [-0.3, -0.25) is 4.79 Å². The summed E-state index contributed by atoms with van der Waals surface area (Å²) in [6.07, 6.45) is 1.77. The maximum absolute atomic E-state index is 11.8. The van der Waals surface area contributed by atoms with Crippen LogP contribution in [0.5, 0.6) is 5.75 Å². The number of aromatic nitrogens is 1. The van der Waals surface area contributed by atoms with E-state index in [2.05, 4.69) is 9.88 Å². The lowest BCUT2D eigenvalue weighted by molar-refractivity contribution is -0.144. The molecule has 0 aliphatic carbocycles. The van der Waals surface area contributed by atoms with Crippen LogP contribution in [0.3, 0.4) is 0 Å². The SMILES string of the molecule is Cc1cc(Cl)c(O[C@@H]2CCN(c3ccc([C@H]4CCN(C(=O)O)C[C@@H]4C(=O)O)cn3)C2)c(Cl)c1. The van der Waals surface area contributed by atoms with Crippen molar-refractivity contribution in [1.29, 1.82) is 0 Å². The number of anilines is 1. The number of piperidine rings is 1. The molecule has 3 heterocycles. The van der Waals surface area contributed by atoms with Gasteiger partial charge in [0.15, 0.2) is 5.75 Å². The van der Waals surface area contributed by atoms with Crippen LogP contribution in [0.25, 0.3) is 0 Å². The molecule has 0 radical (unpaired) electrons. The molecular weight excluding hydrogens is 469 g/mol. The molecule has 10 heteroatoms. The van der Waals surface area contributed by atoms with Crippen LogP contribution in [-0.4, -0.2) is 64.4 Å². The molecule has 0 saturated carbocycles. The zero-order chi connectivity index (χ0) is 23.7. The highest BCUT2D eigenvalue weighted by atomic mass is 35.5. The second-order valence-corrected chi connectivity index (χ2v) is 9.36. The topological polar surface area (TPSA) is 103 Å². The molecule has 1 aromatic heterocycles. The normalized spacial score (nSPS) is 22.9. The third-order valence-corrected chi connectivity index (χ3v) is 6.86. The highest BCUT2D eigenvalue weighted by Gasteiger charge is 2.37. The van der Waals surface area contributed by atoms with Crippen molar-refractivity contribution in [2.24, 2.45) is 5.92 Å². The Kier molecular flexibility index (Phi) is 6.86. The minimum absolute atomic E-state index is 0.0215. The molecule has 2 aliphatic heterocycles. The van der Waals surface area contributed by atoms with Crippen LogP contribution >= 0.6 is 23.2 Å². The van der Waals surface area contributed by atoms with E-state index in [1.54, 1.807) is 6.20 Å². The number of halogens is 2. The van der Waals surface area contributed by atoms with Gasteiger partial charge in [-0.25, -0.2) is 9.78 Å². The van der Waals surface area contributed by atoms with Gasteiger partial charge in [0.1, 0.15) is 11.9 Å². The van der Waals surface area contributed by atoms with Crippen LogP contribution in [0.2, 0.25) is 10.0 Å². The molecule has 8 nitrogen and oxygen atoms in total. The van der Waals surface area contributed by atoms with Crippen LogP contribution < -0.4 is 9.64 Å². The summed E-state index contributed by atoms with van der Waals surface area (Å²) in [7, 11) is 0. The van der Waals surface area contributed by atoms with E-state index in [0.717, 1.165) is 34.8 Å². The minimum atomic E-state index is -1.09. The number of likely N-dealkylation sites (tertiary alicyclic amines) is 1. The van der Waals surface area contributed by atoms with E-state index in [1.807, 2.05) is 31.2 Å². The Morgan fingerprint density at radius 1 is 1.09 bits per heavy atom. The molecule has 1 aromatic carbocycles. The summed E-state index contributed by atoms with van der Waals surface area (Å²) in [6.45, 7) is 3.59. The van der Waals surface area contributed by atoms with Crippen molar-refractivity contribution >= 4 is 41.1 Å². The summed E-state index contributed by atoms with van der Waals surface area (Å²) in [6, 6.07) is 7.41. The van der Waals surface area contributed by atoms with Crippen molar-refractivity contribution < 1.29 is 24.5 Å². The van der Waals surface area contributed by atoms with Gasteiger partial charge in [0.25, 0.3) is 0 Å². The van der Waals surface area contributed by atoms with E-state index in [0.29, 0.717) is 35.3 Å². The summed E-state index contributed by atoms with van der Waals surface area (Å²) in [5.41, 5.74) is 1.77. The third kappa shape index (κ3) is 5.12. The van der Waals surface area contributed by atoms with E-state index in [1.165, 1.54) is 0 Å². The first-order valence-electron chi connectivity index (χ1n) is 10.8. The molecule has 0 bridgehead atoms. The van der Waals surface area contributed by atoms with E-state index >= 15 is 0 Å². The molecule has 176 valence electrons. The first kappa shape index (κ1) is 23.4. The first-order valence-corrected chi connectivity index (χ1v) is 11.5. The van der Waals surface area contributed by atoms with Gasteiger partial charge in [-0.1, -0.05) is 29.3 Å². The van der Waals surface area contributed by atoms with Crippen LogP contribution in [0.1, 0.15) is 29.9 Å². The lowest BCUT2D eigenvalue weighted by Gasteiger charge is -2.35. The fourth-order valence-electron chi connectivity index (χ4n) is 4.58. The van der Waals surface area contributed by atoms with Gasteiger partial charge < -0.3 is 24.7 Å². The van der Waals surface area contributed by atoms with Crippen LogP contribution in [0.15, 0.2) is 30.5 Å². The highest BCUT2D eigenvalue weighted by Crippen LogP contribution is 2.37. The average Bonchev–Trinajstić information content (AvgIpc) is 3.24. The maximum Gasteiger partial charge on any atom is 0.407 e. The molecule has 2 N–H and O–H groups in total. The molecule has 2 aromatic rings. The Morgan fingerprint density at radius 3 is 2.42 bits per heavy atom. The molecule has 1 amide bonds. The Hall–Kier alpha value is -2.71. The number of aliphatic carboxylic acids is 1. The monoisotopic (exact) mass is 493 g/mol. The fourth-order valence-corrected chi connectivity index (χ4v) is 5.26. The number of rotatable bonds is 5. The van der Waals surface area contributed by atoms with E-state index in [-0.39, 0.29) is 18.6 Å². The highest BCUT2D eigenvalue weighted by molar-refractivity contribution is 6.37. The molecule has 2 aliphatic rings. The van der Waals surface area contributed by atoms with Gasteiger partial charge in [0.2, 0.25) is 0 Å². The number of aryl methyl sites for hydroxylation is 1.